The van der Waals surface area contributed by atoms with E-state index in [1.54, 1.807) is 12.1 Å². The van der Waals surface area contributed by atoms with Crippen LogP contribution in [0, 0.1) is 6.92 Å². The van der Waals surface area contributed by atoms with Crippen LogP contribution in [0.3, 0.4) is 0 Å². The van der Waals surface area contributed by atoms with E-state index in [9.17, 15) is 5.11 Å². The lowest BCUT2D eigenvalue weighted by Gasteiger charge is -2.21. The van der Waals surface area contributed by atoms with Gasteiger partial charge < -0.3 is 24.6 Å². The van der Waals surface area contributed by atoms with Gasteiger partial charge in [-0.2, -0.15) is 4.98 Å². The van der Waals surface area contributed by atoms with Gasteiger partial charge >= 0.3 is 0 Å². The number of aryl methyl sites for hydroxylation is 1. The highest BCUT2D eigenvalue weighted by molar-refractivity contribution is 7.98. The van der Waals surface area contributed by atoms with Crippen molar-refractivity contribution >= 4 is 17.4 Å². The van der Waals surface area contributed by atoms with Crippen molar-refractivity contribution in [1.29, 1.82) is 0 Å². The van der Waals surface area contributed by atoms with Gasteiger partial charge in [-0.05, 0) is 30.7 Å². The molecule has 0 aliphatic carbocycles. The largest absolute Gasteiger partial charge is 0.502 e. The van der Waals surface area contributed by atoms with E-state index in [1.165, 1.54) is 37.1 Å². The summed E-state index contributed by atoms with van der Waals surface area (Å²) in [5.41, 5.74) is 5.28. The first-order chi connectivity index (χ1) is 17.1. The third-order valence-electron chi connectivity index (χ3n) is 5.63. The zero-order valence-electron chi connectivity index (χ0n) is 19.5. The van der Waals surface area contributed by atoms with Crippen LogP contribution in [0.5, 0.6) is 23.1 Å². The molecule has 0 saturated carbocycles. The minimum absolute atomic E-state index is 0.0769. The number of methoxy groups -OCH3 is 2. The summed E-state index contributed by atoms with van der Waals surface area (Å²) in [6.45, 7) is 2.06. The fourth-order valence-corrected chi connectivity index (χ4v) is 4.49. The summed E-state index contributed by atoms with van der Waals surface area (Å²) in [4.78, 5) is 4.70. The zero-order chi connectivity index (χ0) is 24.4. The molecule has 2 N–H and O–H groups in total. The van der Waals surface area contributed by atoms with Gasteiger partial charge in [0.1, 0.15) is 0 Å². The number of hydrogen-bond donors (Lipinski definition) is 2. The predicted molar refractivity (Wildman–Crippen MR) is 134 cm³/mol. The number of phenolic OH excluding ortho intramolecular Hbond substituents is 1. The fourth-order valence-electron chi connectivity index (χ4n) is 3.76. The molecule has 0 saturated heterocycles. The van der Waals surface area contributed by atoms with E-state index in [2.05, 4.69) is 46.7 Å². The van der Waals surface area contributed by atoms with Crippen LogP contribution in [0.25, 0.3) is 11.3 Å². The van der Waals surface area contributed by atoms with Gasteiger partial charge in [-0.3, -0.25) is 0 Å². The van der Waals surface area contributed by atoms with Crippen LogP contribution in [-0.2, 0) is 5.75 Å². The molecule has 5 rings (SSSR count). The van der Waals surface area contributed by atoms with Crippen molar-refractivity contribution in [3.05, 3.63) is 77.4 Å². The van der Waals surface area contributed by atoms with E-state index in [1.807, 2.05) is 24.3 Å². The Morgan fingerprint density at radius 1 is 1.00 bits per heavy atom. The number of fused-ring (bicyclic) bond motifs is 3. The van der Waals surface area contributed by atoms with Crippen LogP contribution in [-0.4, -0.2) is 34.5 Å². The van der Waals surface area contributed by atoms with Gasteiger partial charge in [0.2, 0.25) is 16.8 Å². The van der Waals surface area contributed by atoms with Crippen LogP contribution < -0.4 is 19.5 Å². The van der Waals surface area contributed by atoms with Crippen molar-refractivity contribution in [2.24, 2.45) is 0 Å². The molecule has 1 atom stereocenters. The van der Waals surface area contributed by atoms with Crippen molar-refractivity contribution in [3.63, 3.8) is 0 Å². The van der Waals surface area contributed by atoms with Crippen LogP contribution in [0.1, 0.15) is 22.9 Å². The van der Waals surface area contributed by atoms with Crippen LogP contribution in [0.4, 0.5) is 5.69 Å². The molecule has 1 aromatic heterocycles. The number of ether oxygens (including phenoxy) is 3. The molecule has 9 heteroatoms. The fraction of sp³-hybridized carbons (Fsp3) is 0.192. The number of benzene rings is 3. The second-order valence-corrected chi connectivity index (χ2v) is 8.93. The van der Waals surface area contributed by atoms with Crippen molar-refractivity contribution in [2.75, 3.05) is 19.5 Å². The summed E-state index contributed by atoms with van der Waals surface area (Å²) in [6, 6.07) is 19.5. The van der Waals surface area contributed by atoms with Crippen molar-refractivity contribution in [1.82, 2.24) is 15.2 Å². The van der Waals surface area contributed by atoms with Crippen molar-refractivity contribution in [2.45, 2.75) is 24.1 Å². The van der Waals surface area contributed by atoms with E-state index in [0.717, 1.165) is 11.3 Å². The van der Waals surface area contributed by atoms with E-state index < -0.39 is 6.23 Å². The molecule has 35 heavy (non-hydrogen) atoms. The zero-order valence-corrected chi connectivity index (χ0v) is 20.3. The molecule has 3 aromatic carbocycles. The molecule has 178 valence electrons. The number of phenols is 1. The predicted octanol–water partition coefficient (Wildman–Crippen LogP) is 5.37. The molecule has 1 aliphatic heterocycles. The Labute approximate surface area is 207 Å². The summed E-state index contributed by atoms with van der Waals surface area (Å²) < 4.78 is 17.0. The Morgan fingerprint density at radius 2 is 1.71 bits per heavy atom. The number of aromatic hydroxyl groups is 1. The first-order valence-corrected chi connectivity index (χ1v) is 11.9. The molecule has 1 aliphatic rings. The van der Waals surface area contributed by atoms with Crippen LogP contribution in [0.2, 0.25) is 0 Å². The summed E-state index contributed by atoms with van der Waals surface area (Å²) >= 11 is 1.49. The standard InChI is InChI=1S/C26H24N4O4S/c1-15-8-10-16(11-9-15)14-35-26-28-25-22(29-30-26)18-6-4-5-7-19(18)27-24(34-25)17-12-20(32-2)23(31)21(13-17)33-3/h4-13,24,27,31H,14H2,1-3H3/t24-/m0/s1. The molecule has 4 aromatic rings. The molecular weight excluding hydrogens is 464 g/mol. The molecular formula is C26H24N4O4S. The van der Waals surface area contributed by atoms with Gasteiger partial charge in [-0.25, -0.2) is 0 Å². The highest BCUT2D eigenvalue weighted by Crippen LogP contribution is 2.43. The first-order valence-electron chi connectivity index (χ1n) is 11.0. The summed E-state index contributed by atoms with van der Waals surface area (Å²) in [5.74, 6) is 1.55. The minimum atomic E-state index is -0.646. The maximum absolute atomic E-state index is 10.3. The lowest BCUT2D eigenvalue weighted by atomic mass is 10.1. The lowest BCUT2D eigenvalue weighted by molar-refractivity contribution is 0.223. The van der Waals surface area contributed by atoms with Gasteiger partial charge in [0, 0.05) is 22.6 Å². The molecule has 0 bridgehead atoms. The average Bonchev–Trinajstić information content (AvgIpc) is 3.05. The van der Waals surface area contributed by atoms with Gasteiger partial charge in [0.05, 0.1) is 14.2 Å². The quantitative estimate of drug-likeness (QED) is 0.347. The normalized spacial score (nSPS) is 14.1. The number of anilines is 1. The Kier molecular flexibility index (Phi) is 6.33. The van der Waals surface area contributed by atoms with E-state index in [0.29, 0.717) is 28.0 Å². The Bertz CT molecular complexity index is 1340. The first kappa shape index (κ1) is 22.8. The van der Waals surface area contributed by atoms with Crippen molar-refractivity contribution < 1.29 is 19.3 Å². The monoisotopic (exact) mass is 488 g/mol. The Hall–Kier alpha value is -3.98. The van der Waals surface area contributed by atoms with E-state index in [4.69, 9.17) is 19.2 Å². The minimum Gasteiger partial charge on any atom is -0.502 e. The second-order valence-electron chi connectivity index (χ2n) is 7.98. The Balaban J connectivity index is 1.51. The number of nitrogens with zero attached hydrogens (tertiary/aromatic N) is 3. The molecule has 0 spiro atoms. The number of nitrogens with one attached hydrogen (secondary N) is 1. The maximum Gasteiger partial charge on any atom is 0.247 e. The maximum atomic E-state index is 10.3. The SMILES string of the molecule is COc1cc([C@H]2Nc3ccccc3-c3nnc(SCc4ccc(C)cc4)nc3O2)cc(OC)c1O. The molecule has 8 nitrogen and oxygen atoms in total. The topological polar surface area (TPSA) is 98.6 Å². The third-order valence-corrected chi connectivity index (χ3v) is 6.54. The number of hydrogen-bond acceptors (Lipinski definition) is 9. The van der Waals surface area contributed by atoms with Crippen LogP contribution >= 0.6 is 11.8 Å². The van der Waals surface area contributed by atoms with Crippen molar-refractivity contribution in [3.8, 4) is 34.4 Å². The number of para-hydroxylation sites is 1. The highest BCUT2D eigenvalue weighted by Gasteiger charge is 2.27. The second kappa shape index (κ2) is 9.71. The number of rotatable bonds is 6. The molecule has 2 heterocycles. The molecule has 0 fully saturated rings. The van der Waals surface area contributed by atoms with Gasteiger partial charge in [-0.1, -0.05) is 59.8 Å². The highest BCUT2D eigenvalue weighted by atomic mass is 32.2. The van der Waals surface area contributed by atoms with Crippen LogP contribution in [0.15, 0.2) is 65.8 Å². The summed E-state index contributed by atoms with van der Waals surface area (Å²) in [5, 5.41) is 23.1. The Morgan fingerprint density at radius 3 is 2.43 bits per heavy atom. The van der Waals surface area contributed by atoms with Gasteiger partial charge in [-0.15, -0.1) is 10.2 Å². The third kappa shape index (κ3) is 4.67. The summed E-state index contributed by atoms with van der Waals surface area (Å²) in [7, 11) is 2.97. The van der Waals surface area contributed by atoms with E-state index >= 15 is 0 Å². The van der Waals surface area contributed by atoms with Gasteiger partial charge in [0.15, 0.2) is 23.4 Å². The smallest absolute Gasteiger partial charge is 0.247 e. The lowest BCUT2D eigenvalue weighted by Crippen LogP contribution is -2.17. The van der Waals surface area contributed by atoms with Gasteiger partial charge in [0.25, 0.3) is 0 Å². The summed E-state index contributed by atoms with van der Waals surface area (Å²) in [6.07, 6.45) is -0.646. The number of aromatic nitrogens is 3. The molecule has 0 amide bonds. The molecule has 0 unspecified atom stereocenters. The molecule has 0 radical (unpaired) electrons. The average molecular weight is 489 g/mol. The van der Waals surface area contributed by atoms with E-state index in [-0.39, 0.29) is 17.2 Å². The number of thioether (sulfide) groups is 1.